The van der Waals surface area contributed by atoms with Gasteiger partial charge in [-0.25, -0.2) is 4.99 Å². The molecule has 32 heavy (non-hydrogen) atoms. The first-order valence-electron chi connectivity index (χ1n) is 11.4. The number of hydrogen-bond acceptors (Lipinski definition) is 4. The molecule has 5 heteroatoms. The second-order valence-corrected chi connectivity index (χ2v) is 10.9. The average molecular weight is 448 g/mol. The maximum absolute atomic E-state index is 12.6. The summed E-state index contributed by atoms with van der Waals surface area (Å²) in [5.74, 6) is 0.384. The monoisotopic (exact) mass is 447 g/mol. The molecule has 4 nitrogen and oxygen atoms in total. The van der Waals surface area contributed by atoms with E-state index in [0.29, 0.717) is 22.0 Å². The number of aliphatic imine (C=N–C) groups is 1. The lowest BCUT2D eigenvalue weighted by Crippen LogP contribution is -2.51. The van der Waals surface area contributed by atoms with E-state index >= 15 is 0 Å². The fourth-order valence-corrected chi connectivity index (χ4v) is 5.97. The van der Waals surface area contributed by atoms with Gasteiger partial charge in [0.2, 0.25) is 0 Å². The van der Waals surface area contributed by atoms with Gasteiger partial charge in [-0.1, -0.05) is 25.1 Å². The van der Waals surface area contributed by atoms with Crippen LogP contribution >= 0.6 is 11.8 Å². The molecule has 2 aliphatic rings. The van der Waals surface area contributed by atoms with E-state index in [1.807, 2.05) is 18.2 Å². The van der Waals surface area contributed by atoms with Gasteiger partial charge < -0.3 is 10.2 Å². The highest BCUT2D eigenvalue weighted by atomic mass is 32.2. The summed E-state index contributed by atoms with van der Waals surface area (Å²) in [6, 6.07) is 13.1. The molecule has 1 N–H and O–H groups in total. The number of amides is 1. The van der Waals surface area contributed by atoms with Crippen LogP contribution in [0.4, 0.5) is 11.4 Å². The van der Waals surface area contributed by atoms with E-state index in [0.717, 1.165) is 23.2 Å². The van der Waals surface area contributed by atoms with Crippen molar-refractivity contribution in [3.8, 4) is 0 Å². The van der Waals surface area contributed by atoms with E-state index in [1.165, 1.54) is 28.6 Å². The highest BCUT2D eigenvalue weighted by Gasteiger charge is 2.37. The second kappa shape index (κ2) is 8.43. The molecule has 168 valence electrons. The van der Waals surface area contributed by atoms with Gasteiger partial charge >= 0.3 is 0 Å². The lowest BCUT2D eigenvalue weighted by Gasteiger charge is -2.50. The van der Waals surface area contributed by atoms with Gasteiger partial charge in [-0.15, -0.1) is 0 Å². The first-order chi connectivity index (χ1) is 15.1. The molecular formula is C27H33N3OS. The molecule has 1 saturated heterocycles. The van der Waals surface area contributed by atoms with Gasteiger partial charge in [-0.2, -0.15) is 0 Å². The van der Waals surface area contributed by atoms with Crippen LogP contribution in [0, 0.1) is 13.8 Å². The molecule has 1 fully saturated rings. The predicted molar refractivity (Wildman–Crippen MR) is 138 cm³/mol. The van der Waals surface area contributed by atoms with Crippen LogP contribution in [0.15, 0.2) is 46.3 Å². The number of benzene rings is 2. The summed E-state index contributed by atoms with van der Waals surface area (Å²) in [6.07, 6.45) is 3.10. The lowest BCUT2D eigenvalue weighted by molar-refractivity contribution is -0.115. The third-order valence-corrected chi connectivity index (χ3v) is 7.47. The number of carbonyl (C=O) groups is 1. The number of nitrogens with zero attached hydrogens (tertiary/aromatic N) is 2. The smallest absolute Gasteiger partial charge is 0.264 e. The summed E-state index contributed by atoms with van der Waals surface area (Å²) in [5, 5.41) is 3.55. The third kappa shape index (κ3) is 4.23. The Kier molecular flexibility index (Phi) is 5.97. The van der Waals surface area contributed by atoms with Gasteiger partial charge in [0.15, 0.2) is 5.17 Å². The van der Waals surface area contributed by atoms with Gasteiger partial charge in [0, 0.05) is 17.3 Å². The van der Waals surface area contributed by atoms with Crippen LogP contribution in [0.2, 0.25) is 0 Å². The largest absolute Gasteiger partial charge is 0.364 e. The fraction of sp³-hybridized carbons (Fsp3) is 0.407. The zero-order valence-electron chi connectivity index (χ0n) is 20.1. The van der Waals surface area contributed by atoms with Crippen molar-refractivity contribution >= 4 is 40.3 Å². The number of amidine groups is 1. The minimum atomic E-state index is -0.0882. The van der Waals surface area contributed by atoms with Crippen LogP contribution < -0.4 is 10.2 Å². The van der Waals surface area contributed by atoms with Gasteiger partial charge in [-0.3, -0.25) is 4.79 Å². The normalized spacial score (nSPS) is 22.6. The van der Waals surface area contributed by atoms with E-state index < -0.39 is 0 Å². The summed E-state index contributed by atoms with van der Waals surface area (Å²) in [7, 11) is 0. The maximum atomic E-state index is 12.6. The molecule has 0 aliphatic carbocycles. The van der Waals surface area contributed by atoms with Crippen LogP contribution in [0.1, 0.15) is 69.2 Å². The molecule has 2 aromatic rings. The van der Waals surface area contributed by atoms with Crippen molar-refractivity contribution in [2.24, 2.45) is 4.99 Å². The standard InChI is InChI=1S/C27H33N3OS/c1-16(2)30-23-12-11-20(13-21(23)18(4)15-27(30,6)7)14-24-25(31)29-26(32-24)28-22-10-8-9-17(3)19(22)5/h8-14,16,18H,15H2,1-7H3,(H,28,29,31)/b24-14-/t18-/m0/s1. The fourth-order valence-electron chi connectivity index (χ4n) is 5.14. The van der Waals surface area contributed by atoms with Gasteiger partial charge in [0.25, 0.3) is 5.91 Å². The number of thioether (sulfide) groups is 1. The molecule has 0 spiro atoms. The SMILES string of the molecule is Cc1cccc(N=C2NC(=O)/C(=C/c3ccc4c(c3)[C@@H](C)CC(C)(C)N4C(C)C)S2)c1C. The van der Waals surface area contributed by atoms with Crippen LogP contribution in [0.25, 0.3) is 6.08 Å². The Morgan fingerprint density at radius 3 is 2.69 bits per heavy atom. The molecule has 4 rings (SSSR count). The molecule has 0 radical (unpaired) electrons. The van der Waals surface area contributed by atoms with Crippen molar-refractivity contribution in [2.45, 2.75) is 72.4 Å². The Morgan fingerprint density at radius 1 is 1.22 bits per heavy atom. The van der Waals surface area contributed by atoms with E-state index in [2.05, 4.69) is 87.9 Å². The van der Waals surface area contributed by atoms with Gasteiger partial charge in [0.1, 0.15) is 0 Å². The Balaban J connectivity index is 1.64. The Morgan fingerprint density at radius 2 is 1.97 bits per heavy atom. The number of carbonyl (C=O) groups excluding carboxylic acids is 1. The number of hydrogen-bond donors (Lipinski definition) is 1. The Bertz CT molecular complexity index is 1130. The highest BCUT2D eigenvalue weighted by molar-refractivity contribution is 8.18. The summed E-state index contributed by atoms with van der Waals surface area (Å²) < 4.78 is 0. The number of anilines is 1. The van der Waals surface area contributed by atoms with Crippen molar-refractivity contribution < 1.29 is 4.79 Å². The molecule has 2 aliphatic heterocycles. The third-order valence-electron chi connectivity index (χ3n) is 6.56. The number of nitrogens with one attached hydrogen (secondary N) is 1. The van der Waals surface area contributed by atoms with Crippen molar-refractivity contribution in [3.05, 3.63) is 63.6 Å². The first kappa shape index (κ1) is 22.7. The van der Waals surface area contributed by atoms with Crippen molar-refractivity contribution in [1.29, 1.82) is 0 Å². The van der Waals surface area contributed by atoms with Crippen molar-refractivity contribution in [2.75, 3.05) is 4.90 Å². The van der Waals surface area contributed by atoms with Crippen molar-refractivity contribution in [1.82, 2.24) is 5.32 Å². The Labute approximate surface area is 196 Å². The highest BCUT2D eigenvalue weighted by Crippen LogP contribution is 2.45. The minimum Gasteiger partial charge on any atom is -0.364 e. The summed E-state index contributed by atoms with van der Waals surface area (Å²) in [6.45, 7) is 15.6. The Hall–Kier alpha value is -2.53. The number of fused-ring (bicyclic) bond motifs is 1. The van der Waals surface area contributed by atoms with Gasteiger partial charge in [-0.05, 0) is 112 Å². The van der Waals surface area contributed by atoms with E-state index in [9.17, 15) is 4.79 Å². The van der Waals surface area contributed by atoms with Crippen LogP contribution in [0.3, 0.4) is 0 Å². The van der Waals surface area contributed by atoms with E-state index in [4.69, 9.17) is 0 Å². The summed E-state index contributed by atoms with van der Waals surface area (Å²) >= 11 is 1.41. The van der Waals surface area contributed by atoms with E-state index in [-0.39, 0.29) is 11.4 Å². The predicted octanol–water partition coefficient (Wildman–Crippen LogP) is 6.70. The van der Waals surface area contributed by atoms with Crippen LogP contribution in [-0.2, 0) is 4.79 Å². The molecule has 2 heterocycles. The minimum absolute atomic E-state index is 0.0882. The van der Waals surface area contributed by atoms with Gasteiger partial charge in [0.05, 0.1) is 10.6 Å². The molecule has 0 bridgehead atoms. The topological polar surface area (TPSA) is 44.7 Å². The summed E-state index contributed by atoms with van der Waals surface area (Å²) in [4.78, 5) is 20.5. The number of aryl methyl sites for hydroxylation is 1. The van der Waals surface area contributed by atoms with Crippen LogP contribution in [-0.4, -0.2) is 22.7 Å². The second-order valence-electron chi connectivity index (χ2n) is 9.90. The average Bonchev–Trinajstić information content (AvgIpc) is 3.04. The zero-order valence-corrected chi connectivity index (χ0v) is 20.9. The molecule has 0 saturated carbocycles. The zero-order chi connectivity index (χ0) is 23.2. The molecule has 2 aromatic carbocycles. The maximum Gasteiger partial charge on any atom is 0.264 e. The summed E-state index contributed by atoms with van der Waals surface area (Å²) in [5.41, 5.74) is 7.08. The first-order valence-corrected chi connectivity index (χ1v) is 12.2. The lowest BCUT2D eigenvalue weighted by atomic mass is 9.79. The molecule has 1 atom stereocenters. The molecule has 0 aromatic heterocycles. The molecular weight excluding hydrogens is 414 g/mol. The van der Waals surface area contributed by atoms with Crippen molar-refractivity contribution in [3.63, 3.8) is 0 Å². The number of rotatable bonds is 3. The quantitative estimate of drug-likeness (QED) is 0.533. The van der Waals surface area contributed by atoms with E-state index in [1.54, 1.807) is 0 Å². The van der Waals surface area contributed by atoms with Crippen LogP contribution in [0.5, 0.6) is 0 Å². The molecule has 1 amide bonds. The molecule has 0 unspecified atom stereocenters.